The first kappa shape index (κ1) is 16.3. The zero-order valence-corrected chi connectivity index (χ0v) is 12.3. The Morgan fingerprint density at radius 2 is 1.85 bits per heavy atom. The highest BCUT2D eigenvalue weighted by atomic mass is 16.5. The van der Waals surface area contributed by atoms with Crippen LogP contribution in [-0.2, 0) is 14.3 Å². The van der Waals surface area contributed by atoms with Crippen molar-refractivity contribution in [2.75, 3.05) is 26.1 Å². The van der Waals surface area contributed by atoms with Crippen molar-refractivity contribution in [2.24, 2.45) is 0 Å². The lowest BCUT2D eigenvalue weighted by molar-refractivity contribution is -0.145. The number of benzene rings is 1. The van der Waals surface area contributed by atoms with Gasteiger partial charge in [0.05, 0.1) is 25.2 Å². The number of hydrogen-bond acceptors (Lipinski definition) is 5. The minimum absolute atomic E-state index is 0.220. The summed E-state index contributed by atoms with van der Waals surface area (Å²) in [6.45, 7) is 4.54. The second kappa shape index (κ2) is 7.75. The molecule has 5 nitrogen and oxygen atoms in total. The summed E-state index contributed by atoms with van der Waals surface area (Å²) < 4.78 is 15.8. The second-order valence-corrected chi connectivity index (χ2v) is 5.10. The summed E-state index contributed by atoms with van der Waals surface area (Å²) in [5, 5.41) is 0. The Balaban J connectivity index is 2.16. The number of anilines is 1. The molecule has 0 aliphatic rings. The molecule has 1 aromatic rings. The molecule has 0 bridgehead atoms. The summed E-state index contributed by atoms with van der Waals surface area (Å²) in [4.78, 5) is 11.5. The molecule has 5 heteroatoms. The Hall–Kier alpha value is -1.75. The molecule has 0 aromatic heterocycles. The lowest BCUT2D eigenvalue weighted by Crippen LogP contribution is -2.25. The fraction of sp³-hybridized carbons (Fsp3) is 0.533. The molecule has 0 atom stereocenters. The third-order valence-corrected chi connectivity index (χ3v) is 2.97. The molecule has 0 saturated heterocycles. The Morgan fingerprint density at radius 1 is 1.20 bits per heavy atom. The van der Waals surface area contributed by atoms with Gasteiger partial charge in [-0.05, 0) is 38.1 Å². The molecule has 20 heavy (non-hydrogen) atoms. The number of hydrogen-bond donors (Lipinski definition) is 1. The zero-order valence-electron chi connectivity index (χ0n) is 12.3. The van der Waals surface area contributed by atoms with Crippen molar-refractivity contribution in [3.05, 3.63) is 24.3 Å². The number of nitrogens with two attached hydrogens (primary N) is 1. The number of esters is 1. The third-order valence-electron chi connectivity index (χ3n) is 2.97. The summed E-state index contributed by atoms with van der Waals surface area (Å²) in [5.74, 6) is 0.417. The Morgan fingerprint density at radius 3 is 2.45 bits per heavy atom. The van der Waals surface area contributed by atoms with Gasteiger partial charge in [-0.25, -0.2) is 0 Å². The highest BCUT2D eigenvalue weighted by molar-refractivity contribution is 5.69. The van der Waals surface area contributed by atoms with Crippen molar-refractivity contribution < 1.29 is 19.0 Å². The topological polar surface area (TPSA) is 70.8 Å². The van der Waals surface area contributed by atoms with Crippen LogP contribution < -0.4 is 10.5 Å². The van der Waals surface area contributed by atoms with E-state index in [1.54, 1.807) is 31.4 Å². The van der Waals surface area contributed by atoms with E-state index in [-0.39, 0.29) is 24.6 Å². The van der Waals surface area contributed by atoms with Crippen LogP contribution in [0.3, 0.4) is 0 Å². The SMILES string of the molecule is COC(C)(C)CCOC(=O)CCOc1ccc(N)cc1. The van der Waals surface area contributed by atoms with Crippen LogP contribution >= 0.6 is 0 Å². The predicted molar refractivity (Wildman–Crippen MR) is 77.6 cm³/mol. The van der Waals surface area contributed by atoms with Gasteiger partial charge in [0.15, 0.2) is 0 Å². The molecule has 0 aliphatic carbocycles. The van der Waals surface area contributed by atoms with E-state index in [0.29, 0.717) is 24.5 Å². The highest BCUT2D eigenvalue weighted by Gasteiger charge is 2.16. The molecule has 1 rings (SSSR count). The van der Waals surface area contributed by atoms with Gasteiger partial charge in [-0.3, -0.25) is 4.79 Å². The summed E-state index contributed by atoms with van der Waals surface area (Å²) in [7, 11) is 1.64. The van der Waals surface area contributed by atoms with Crippen molar-refractivity contribution in [3.63, 3.8) is 0 Å². The number of rotatable bonds is 8. The van der Waals surface area contributed by atoms with Gasteiger partial charge in [0.25, 0.3) is 0 Å². The van der Waals surface area contributed by atoms with E-state index in [1.165, 1.54) is 0 Å². The van der Waals surface area contributed by atoms with E-state index in [4.69, 9.17) is 19.9 Å². The standard InChI is InChI=1S/C15H23NO4/c1-15(2,18-3)9-11-20-14(17)8-10-19-13-6-4-12(16)5-7-13/h4-7H,8-11,16H2,1-3H3. The van der Waals surface area contributed by atoms with Crippen LogP contribution in [0.15, 0.2) is 24.3 Å². The highest BCUT2D eigenvalue weighted by Crippen LogP contribution is 2.14. The van der Waals surface area contributed by atoms with Gasteiger partial charge in [0.1, 0.15) is 5.75 Å². The van der Waals surface area contributed by atoms with Crippen LogP contribution in [-0.4, -0.2) is 31.9 Å². The molecule has 0 saturated carbocycles. The maximum Gasteiger partial charge on any atom is 0.309 e. The summed E-state index contributed by atoms with van der Waals surface area (Å²) >= 11 is 0. The van der Waals surface area contributed by atoms with Crippen molar-refractivity contribution in [3.8, 4) is 5.75 Å². The number of nitrogen functional groups attached to an aromatic ring is 1. The van der Waals surface area contributed by atoms with Gasteiger partial charge in [-0.15, -0.1) is 0 Å². The smallest absolute Gasteiger partial charge is 0.309 e. The van der Waals surface area contributed by atoms with Crippen LogP contribution in [0.5, 0.6) is 5.75 Å². The van der Waals surface area contributed by atoms with E-state index < -0.39 is 0 Å². The van der Waals surface area contributed by atoms with Crippen LogP contribution in [0.4, 0.5) is 5.69 Å². The first-order valence-electron chi connectivity index (χ1n) is 6.62. The van der Waals surface area contributed by atoms with Gasteiger partial charge in [-0.2, -0.15) is 0 Å². The fourth-order valence-corrected chi connectivity index (χ4v) is 1.40. The van der Waals surface area contributed by atoms with Gasteiger partial charge in [-0.1, -0.05) is 0 Å². The second-order valence-electron chi connectivity index (χ2n) is 5.10. The number of ether oxygens (including phenoxy) is 3. The van der Waals surface area contributed by atoms with Crippen LogP contribution in [0.1, 0.15) is 26.7 Å². The molecule has 0 unspecified atom stereocenters. The minimum Gasteiger partial charge on any atom is -0.493 e. The molecule has 0 radical (unpaired) electrons. The van der Waals surface area contributed by atoms with Crippen molar-refractivity contribution in [1.29, 1.82) is 0 Å². The molecule has 0 aliphatic heterocycles. The Labute approximate surface area is 120 Å². The molecule has 0 amide bonds. The van der Waals surface area contributed by atoms with Gasteiger partial charge in [0.2, 0.25) is 0 Å². The van der Waals surface area contributed by atoms with Gasteiger partial charge >= 0.3 is 5.97 Å². The number of carbonyl (C=O) groups excluding carboxylic acids is 1. The Kier molecular flexibility index (Phi) is 6.31. The number of methoxy groups -OCH3 is 1. The Bertz CT molecular complexity index is 414. The van der Waals surface area contributed by atoms with Gasteiger partial charge < -0.3 is 19.9 Å². The number of carbonyl (C=O) groups is 1. The largest absolute Gasteiger partial charge is 0.493 e. The van der Waals surface area contributed by atoms with Gasteiger partial charge in [0, 0.05) is 19.2 Å². The average Bonchev–Trinajstić information content (AvgIpc) is 2.41. The first-order chi connectivity index (χ1) is 9.43. The van der Waals surface area contributed by atoms with E-state index in [0.717, 1.165) is 0 Å². The molecule has 0 spiro atoms. The van der Waals surface area contributed by atoms with Crippen molar-refractivity contribution in [2.45, 2.75) is 32.3 Å². The molecular formula is C15H23NO4. The molecular weight excluding hydrogens is 258 g/mol. The lowest BCUT2D eigenvalue weighted by atomic mass is 10.1. The molecule has 0 fully saturated rings. The summed E-state index contributed by atoms with van der Waals surface area (Å²) in [5.41, 5.74) is 5.97. The summed E-state index contributed by atoms with van der Waals surface area (Å²) in [6, 6.07) is 7.03. The fourth-order valence-electron chi connectivity index (χ4n) is 1.40. The quantitative estimate of drug-likeness (QED) is 0.585. The van der Waals surface area contributed by atoms with E-state index in [9.17, 15) is 4.79 Å². The van der Waals surface area contributed by atoms with E-state index in [1.807, 2.05) is 13.8 Å². The van der Waals surface area contributed by atoms with Crippen LogP contribution in [0.2, 0.25) is 0 Å². The van der Waals surface area contributed by atoms with Crippen molar-refractivity contribution >= 4 is 11.7 Å². The zero-order chi connectivity index (χ0) is 15.0. The van der Waals surface area contributed by atoms with Crippen molar-refractivity contribution in [1.82, 2.24) is 0 Å². The predicted octanol–water partition coefficient (Wildman–Crippen LogP) is 2.40. The maximum absolute atomic E-state index is 11.5. The normalized spacial score (nSPS) is 11.2. The molecule has 1 aromatic carbocycles. The van der Waals surface area contributed by atoms with Crippen LogP contribution in [0, 0.1) is 0 Å². The van der Waals surface area contributed by atoms with Crippen LogP contribution in [0.25, 0.3) is 0 Å². The average molecular weight is 281 g/mol. The molecule has 2 N–H and O–H groups in total. The van der Waals surface area contributed by atoms with E-state index >= 15 is 0 Å². The maximum atomic E-state index is 11.5. The molecule has 0 heterocycles. The minimum atomic E-state index is -0.277. The monoisotopic (exact) mass is 281 g/mol. The first-order valence-corrected chi connectivity index (χ1v) is 6.62. The summed E-state index contributed by atoms with van der Waals surface area (Å²) in [6.07, 6.45) is 0.881. The van der Waals surface area contributed by atoms with E-state index in [2.05, 4.69) is 0 Å². The molecule has 112 valence electrons. The third kappa shape index (κ3) is 6.43. The lowest BCUT2D eigenvalue weighted by Gasteiger charge is -2.22.